The zero-order valence-electron chi connectivity index (χ0n) is 12.9. The smallest absolute Gasteiger partial charge is 0.223 e. The Balaban J connectivity index is 1.59. The maximum Gasteiger partial charge on any atom is 0.223 e. The third-order valence-corrected chi connectivity index (χ3v) is 5.65. The minimum Gasteiger partial charge on any atom is -0.339 e. The molecule has 0 fully saturated rings. The fourth-order valence-electron chi connectivity index (χ4n) is 3.09. The summed E-state index contributed by atoms with van der Waals surface area (Å²) >= 11 is 7.11. The Bertz CT molecular complexity index is 740. The molecule has 0 radical (unpaired) electrons. The van der Waals surface area contributed by atoms with Crippen LogP contribution >= 0.6 is 22.9 Å². The minimum absolute atomic E-state index is 0.0164. The molecule has 1 atom stereocenters. The molecule has 1 unspecified atom stereocenters. The third kappa shape index (κ3) is 3.48. The predicted molar refractivity (Wildman–Crippen MR) is 93.2 cm³/mol. The van der Waals surface area contributed by atoms with Crippen molar-refractivity contribution < 1.29 is 9.59 Å². The summed E-state index contributed by atoms with van der Waals surface area (Å²) in [5.41, 5.74) is 2.56. The van der Waals surface area contributed by atoms with Crippen LogP contribution in [-0.2, 0) is 11.2 Å². The second-order valence-corrected chi connectivity index (χ2v) is 7.50. The van der Waals surface area contributed by atoms with Crippen LogP contribution in [0.1, 0.15) is 46.1 Å². The summed E-state index contributed by atoms with van der Waals surface area (Å²) in [4.78, 5) is 26.9. The van der Waals surface area contributed by atoms with E-state index in [-0.39, 0.29) is 30.6 Å². The van der Waals surface area contributed by atoms with Crippen LogP contribution in [0.5, 0.6) is 0 Å². The summed E-state index contributed by atoms with van der Waals surface area (Å²) in [7, 11) is 1.83. The lowest BCUT2D eigenvalue weighted by molar-refractivity contribution is -0.132. The lowest BCUT2D eigenvalue weighted by atomic mass is 10.1. The molecule has 1 aliphatic carbocycles. The van der Waals surface area contributed by atoms with Crippen molar-refractivity contribution in [3.63, 3.8) is 0 Å². The number of thiophene rings is 1. The van der Waals surface area contributed by atoms with Gasteiger partial charge in [-0.15, -0.1) is 11.3 Å². The lowest BCUT2D eigenvalue weighted by Gasteiger charge is -2.25. The van der Waals surface area contributed by atoms with Gasteiger partial charge in [-0.3, -0.25) is 9.59 Å². The molecule has 0 saturated carbocycles. The molecule has 5 heteroatoms. The molecule has 0 N–H and O–H groups in total. The van der Waals surface area contributed by atoms with E-state index in [2.05, 4.69) is 12.1 Å². The second-order valence-electron chi connectivity index (χ2n) is 5.78. The van der Waals surface area contributed by atoms with E-state index in [9.17, 15) is 9.59 Å². The number of fused-ring (bicyclic) bond motifs is 1. The number of carbonyl (C=O) groups excluding carboxylic acids is 2. The number of nitrogens with zero attached hydrogens (tertiary/aromatic N) is 1. The van der Waals surface area contributed by atoms with Crippen LogP contribution in [0.2, 0.25) is 4.34 Å². The number of rotatable bonds is 5. The number of ketones is 1. The molecule has 0 bridgehead atoms. The Hall–Kier alpha value is -1.65. The molecule has 23 heavy (non-hydrogen) atoms. The number of hydrogen-bond donors (Lipinski definition) is 0. The molecule has 0 spiro atoms. The number of halogens is 1. The second kappa shape index (κ2) is 6.85. The number of carbonyl (C=O) groups is 2. The molecule has 1 aliphatic rings. The Morgan fingerprint density at radius 2 is 2.00 bits per heavy atom. The van der Waals surface area contributed by atoms with E-state index in [0.717, 1.165) is 12.8 Å². The molecule has 3 nitrogen and oxygen atoms in total. The average molecular weight is 348 g/mol. The monoisotopic (exact) mass is 347 g/mol. The van der Waals surface area contributed by atoms with E-state index in [4.69, 9.17) is 11.6 Å². The first-order valence-electron chi connectivity index (χ1n) is 7.68. The van der Waals surface area contributed by atoms with Gasteiger partial charge in [0.05, 0.1) is 15.3 Å². The summed E-state index contributed by atoms with van der Waals surface area (Å²) < 4.78 is 0.597. The van der Waals surface area contributed by atoms with Crippen LogP contribution < -0.4 is 0 Å². The molecule has 2 aromatic rings. The Morgan fingerprint density at radius 1 is 1.22 bits per heavy atom. The average Bonchev–Trinajstić information content (AvgIpc) is 3.17. The van der Waals surface area contributed by atoms with Gasteiger partial charge in [0, 0.05) is 19.9 Å². The molecule has 120 valence electrons. The number of Topliss-reactive ketones (excluding diaryl/α,β-unsaturated/α-hetero) is 1. The van der Waals surface area contributed by atoms with E-state index in [1.54, 1.807) is 17.0 Å². The van der Waals surface area contributed by atoms with Crippen molar-refractivity contribution in [2.24, 2.45) is 0 Å². The molecule has 1 aromatic heterocycles. The summed E-state index contributed by atoms with van der Waals surface area (Å²) in [6.07, 6.45) is 2.43. The zero-order chi connectivity index (χ0) is 16.4. The van der Waals surface area contributed by atoms with E-state index >= 15 is 0 Å². The van der Waals surface area contributed by atoms with Crippen LogP contribution in [0.25, 0.3) is 0 Å². The van der Waals surface area contributed by atoms with E-state index < -0.39 is 0 Å². The molecular formula is C18H18ClNO2S. The summed E-state index contributed by atoms with van der Waals surface area (Å²) in [5.74, 6) is -0.00169. The van der Waals surface area contributed by atoms with Crippen molar-refractivity contribution in [3.8, 4) is 0 Å². The van der Waals surface area contributed by atoms with E-state index in [1.807, 2.05) is 19.2 Å². The molecule has 1 amide bonds. The van der Waals surface area contributed by atoms with Gasteiger partial charge in [-0.25, -0.2) is 0 Å². The SMILES string of the molecule is CN(C(=O)CCC(=O)c1ccc(Cl)s1)C1CCc2ccccc21. The highest BCUT2D eigenvalue weighted by Gasteiger charge is 2.28. The van der Waals surface area contributed by atoms with Crippen molar-refractivity contribution in [1.82, 2.24) is 4.90 Å². The van der Waals surface area contributed by atoms with Gasteiger partial charge in [0.2, 0.25) is 5.91 Å². The van der Waals surface area contributed by atoms with Crippen LogP contribution in [-0.4, -0.2) is 23.6 Å². The molecule has 0 aliphatic heterocycles. The van der Waals surface area contributed by atoms with Gasteiger partial charge >= 0.3 is 0 Å². The number of aryl methyl sites for hydroxylation is 1. The Morgan fingerprint density at radius 3 is 2.74 bits per heavy atom. The van der Waals surface area contributed by atoms with E-state index in [0.29, 0.717) is 9.21 Å². The van der Waals surface area contributed by atoms with Crippen molar-refractivity contribution in [3.05, 3.63) is 56.7 Å². The van der Waals surface area contributed by atoms with Gasteiger partial charge in [0.1, 0.15) is 0 Å². The van der Waals surface area contributed by atoms with Gasteiger partial charge in [-0.05, 0) is 36.1 Å². The fraction of sp³-hybridized carbons (Fsp3) is 0.333. The fourth-order valence-corrected chi connectivity index (χ4v) is 4.11. The molecule has 1 heterocycles. The molecule has 1 aromatic carbocycles. The van der Waals surface area contributed by atoms with Crippen LogP contribution in [0.3, 0.4) is 0 Å². The van der Waals surface area contributed by atoms with Crippen LogP contribution in [0.15, 0.2) is 36.4 Å². The summed E-state index contributed by atoms with van der Waals surface area (Å²) in [5, 5.41) is 0. The minimum atomic E-state index is -0.0181. The largest absolute Gasteiger partial charge is 0.339 e. The molecule has 0 saturated heterocycles. The topological polar surface area (TPSA) is 37.4 Å². The number of amides is 1. The highest BCUT2D eigenvalue weighted by molar-refractivity contribution is 7.18. The zero-order valence-corrected chi connectivity index (χ0v) is 14.5. The van der Waals surface area contributed by atoms with Crippen LogP contribution in [0.4, 0.5) is 0 Å². The first-order chi connectivity index (χ1) is 11.1. The quantitative estimate of drug-likeness (QED) is 0.746. The van der Waals surface area contributed by atoms with Crippen LogP contribution in [0, 0.1) is 0 Å². The van der Waals surface area contributed by atoms with Gasteiger partial charge in [0.25, 0.3) is 0 Å². The van der Waals surface area contributed by atoms with Crippen molar-refractivity contribution in [1.29, 1.82) is 0 Å². The number of benzene rings is 1. The summed E-state index contributed by atoms with van der Waals surface area (Å²) in [6, 6.07) is 11.8. The summed E-state index contributed by atoms with van der Waals surface area (Å²) in [6.45, 7) is 0. The first-order valence-corrected chi connectivity index (χ1v) is 8.87. The highest BCUT2D eigenvalue weighted by Crippen LogP contribution is 2.35. The van der Waals surface area contributed by atoms with Gasteiger partial charge < -0.3 is 4.90 Å². The molecular weight excluding hydrogens is 330 g/mol. The standard InChI is InChI=1S/C18H18ClNO2S/c1-20(14-7-6-12-4-2-3-5-13(12)14)18(22)11-8-15(21)16-9-10-17(19)23-16/h2-5,9-10,14H,6-8,11H2,1H3. The van der Waals surface area contributed by atoms with Gasteiger partial charge in [-0.1, -0.05) is 35.9 Å². The highest BCUT2D eigenvalue weighted by atomic mass is 35.5. The first kappa shape index (κ1) is 16.2. The number of hydrogen-bond acceptors (Lipinski definition) is 3. The Labute approximate surface area is 144 Å². The van der Waals surface area contributed by atoms with Crippen molar-refractivity contribution in [2.45, 2.75) is 31.7 Å². The van der Waals surface area contributed by atoms with Gasteiger partial charge in [0.15, 0.2) is 5.78 Å². The normalized spacial score (nSPS) is 16.2. The maximum absolute atomic E-state index is 12.4. The van der Waals surface area contributed by atoms with Crippen molar-refractivity contribution >= 4 is 34.6 Å². The van der Waals surface area contributed by atoms with Gasteiger partial charge in [-0.2, -0.15) is 0 Å². The maximum atomic E-state index is 12.4. The molecule has 3 rings (SSSR count). The third-order valence-electron chi connectivity index (χ3n) is 4.38. The van der Waals surface area contributed by atoms with E-state index in [1.165, 1.54) is 22.5 Å². The lowest BCUT2D eigenvalue weighted by Crippen LogP contribution is -2.30. The Kier molecular flexibility index (Phi) is 4.83. The van der Waals surface area contributed by atoms with Crippen molar-refractivity contribution in [2.75, 3.05) is 7.05 Å². The predicted octanol–water partition coefficient (Wildman–Crippen LogP) is 4.51.